The first-order valence-corrected chi connectivity index (χ1v) is 5.37. The quantitative estimate of drug-likeness (QED) is 0.626. The first-order chi connectivity index (χ1) is 6.72. The molecule has 3 aliphatic heterocycles. The van der Waals surface area contributed by atoms with Gasteiger partial charge in [0.1, 0.15) is 0 Å². The Morgan fingerprint density at radius 1 is 1.57 bits per heavy atom. The van der Waals surface area contributed by atoms with Gasteiger partial charge in [-0.3, -0.25) is 4.79 Å². The number of fused-ring (bicyclic) bond motifs is 3. The van der Waals surface area contributed by atoms with E-state index in [4.69, 9.17) is 10.5 Å². The summed E-state index contributed by atoms with van der Waals surface area (Å²) < 4.78 is 5.06. The van der Waals surface area contributed by atoms with Crippen LogP contribution in [0.1, 0.15) is 13.3 Å². The van der Waals surface area contributed by atoms with Gasteiger partial charge in [-0.25, -0.2) is 0 Å². The number of esters is 1. The van der Waals surface area contributed by atoms with Gasteiger partial charge in [0.25, 0.3) is 0 Å². The van der Waals surface area contributed by atoms with Crippen LogP contribution in [-0.4, -0.2) is 43.2 Å². The van der Waals surface area contributed by atoms with E-state index in [1.807, 2.05) is 6.92 Å². The van der Waals surface area contributed by atoms with Crippen LogP contribution in [0.5, 0.6) is 0 Å². The molecule has 2 N–H and O–H groups in total. The maximum Gasteiger partial charge on any atom is 0.310 e. The second-order valence-corrected chi connectivity index (χ2v) is 4.23. The third-order valence-corrected chi connectivity index (χ3v) is 3.36. The highest BCUT2D eigenvalue weighted by Crippen LogP contribution is 2.32. The molecule has 80 valence electrons. The molecule has 0 radical (unpaired) electrons. The summed E-state index contributed by atoms with van der Waals surface area (Å²) in [6.07, 6.45) is 1.05. The lowest BCUT2D eigenvalue weighted by molar-refractivity contribution is -0.155. The fourth-order valence-electron chi connectivity index (χ4n) is 2.65. The molecule has 4 atom stereocenters. The predicted octanol–water partition coefficient (Wildman–Crippen LogP) is -0.171. The Morgan fingerprint density at radius 3 is 2.93 bits per heavy atom. The number of hydrogen-bond donors (Lipinski definition) is 1. The zero-order chi connectivity index (χ0) is 10.1. The van der Waals surface area contributed by atoms with E-state index in [9.17, 15) is 4.79 Å². The molecule has 4 unspecified atom stereocenters. The van der Waals surface area contributed by atoms with E-state index in [0.717, 1.165) is 26.1 Å². The van der Waals surface area contributed by atoms with Crippen molar-refractivity contribution in [3.8, 4) is 0 Å². The van der Waals surface area contributed by atoms with E-state index in [-0.39, 0.29) is 17.9 Å². The minimum absolute atomic E-state index is 0.0208. The van der Waals surface area contributed by atoms with Gasteiger partial charge in [-0.1, -0.05) is 0 Å². The standard InChI is InChI=1S/C10H18N2O2/c1-2-14-10(13)8-5-12-4-3-7(8)9(11)6-12/h7-9H,2-6,11H2,1H3. The fourth-order valence-corrected chi connectivity index (χ4v) is 2.65. The molecule has 4 heteroatoms. The Kier molecular flexibility index (Phi) is 2.74. The highest BCUT2D eigenvalue weighted by Gasteiger charge is 2.43. The summed E-state index contributed by atoms with van der Waals surface area (Å²) in [6.45, 7) is 5.20. The molecule has 0 aromatic rings. The van der Waals surface area contributed by atoms with Crippen molar-refractivity contribution in [1.29, 1.82) is 0 Å². The van der Waals surface area contributed by atoms with Crippen LogP contribution in [0.2, 0.25) is 0 Å². The van der Waals surface area contributed by atoms with Crippen LogP contribution < -0.4 is 5.73 Å². The van der Waals surface area contributed by atoms with Crippen molar-refractivity contribution >= 4 is 5.97 Å². The molecule has 3 saturated heterocycles. The van der Waals surface area contributed by atoms with Gasteiger partial charge in [0.15, 0.2) is 0 Å². The van der Waals surface area contributed by atoms with E-state index in [1.165, 1.54) is 0 Å². The number of carbonyl (C=O) groups is 1. The first-order valence-electron chi connectivity index (χ1n) is 5.37. The third kappa shape index (κ3) is 1.64. The molecule has 0 amide bonds. The van der Waals surface area contributed by atoms with Crippen molar-refractivity contribution in [2.75, 3.05) is 26.2 Å². The molecular formula is C10H18N2O2. The van der Waals surface area contributed by atoms with E-state index >= 15 is 0 Å². The summed E-state index contributed by atoms with van der Waals surface area (Å²) in [5, 5.41) is 0. The number of carbonyl (C=O) groups excluding carboxylic acids is 1. The molecule has 2 bridgehead atoms. The van der Waals surface area contributed by atoms with Crippen LogP contribution in [0.3, 0.4) is 0 Å². The highest BCUT2D eigenvalue weighted by molar-refractivity contribution is 5.73. The van der Waals surface area contributed by atoms with Crippen molar-refractivity contribution in [2.45, 2.75) is 19.4 Å². The predicted molar refractivity (Wildman–Crippen MR) is 52.6 cm³/mol. The van der Waals surface area contributed by atoms with Crippen LogP contribution >= 0.6 is 0 Å². The molecule has 3 fully saturated rings. The van der Waals surface area contributed by atoms with Crippen LogP contribution in [0.15, 0.2) is 0 Å². The van der Waals surface area contributed by atoms with Crippen molar-refractivity contribution in [3.63, 3.8) is 0 Å². The number of nitrogens with zero attached hydrogens (tertiary/aromatic N) is 1. The molecule has 0 aromatic heterocycles. The highest BCUT2D eigenvalue weighted by atomic mass is 16.5. The molecular weight excluding hydrogens is 180 g/mol. The Balaban J connectivity index is 2.03. The van der Waals surface area contributed by atoms with E-state index < -0.39 is 0 Å². The topological polar surface area (TPSA) is 55.6 Å². The Bertz CT molecular complexity index is 232. The Hall–Kier alpha value is -0.610. The van der Waals surface area contributed by atoms with Gasteiger partial charge in [-0.15, -0.1) is 0 Å². The summed E-state index contributed by atoms with van der Waals surface area (Å²) in [4.78, 5) is 13.9. The minimum atomic E-state index is -0.0580. The summed E-state index contributed by atoms with van der Waals surface area (Å²) in [5.41, 5.74) is 5.99. The molecule has 4 nitrogen and oxygen atoms in total. The lowest BCUT2D eigenvalue weighted by Crippen LogP contribution is -2.60. The summed E-state index contributed by atoms with van der Waals surface area (Å²) in [6, 6.07) is 0.159. The van der Waals surface area contributed by atoms with E-state index in [2.05, 4.69) is 4.90 Å². The largest absolute Gasteiger partial charge is 0.466 e. The maximum absolute atomic E-state index is 11.6. The third-order valence-electron chi connectivity index (χ3n) is 3.36. The average Bonchev–Trinajstić information content (AvgIpc) is 2.18. The molecule has 0 saturated carbocycles. The van der Waals surface area contributed by atoms with Gasteiger partial charge in [-0.2, -0.15) is 0 Å². The van der Waals surface area contributed by atoms with Crippen molar-refractivity contribution in [2.24, 2.45) is 17.6 Å². The van der Waals surface area contributed by atoms with E-state index in [1.54, 1.807) is 0 Å². The van der Waals surface area contributed by atoms with Gasteiger partial charge < -0.3 is 15.4 Å². The van der Waals surface area contributed by atoms with Crippen molar-refractivity contribution < 1.29 is 9.53 Å². The normalized spacial score (nSPS) is 41.0. The number of hydrogen-bond acceptors (Lipinski definition) is 4. The first kappa shape index (κ1) is 9.93. The second kappa shape index (κ2) is 3.87. The maximum atomic E-state index is 11.6. The summed E-state index contributed by atoms with van der Waals surface area (Å²) >= 11 is 0. The molecule has 3 heterocycles. The van der Waals surface area contributed by atoms with Gasteiger partial charge >= 0.3 is 5.97 Å². The number of nitrogens with two attached hydrogens (primary N) is 1. The lowest BCUT2D eigenvalue weighted by Gasteiger charge is -2.47. The zero-order valence-corrected chi connectivity index (χ0v) is 8.61. The smallest absolute Gasteiger partial charge is 0.310 e. The van der Waals surface area contributed by atoms with Crippen LogP contribution in [0.4, 0.5) is 0 Å². The SMILES string of the molecule is CCOC(=O)C1CN2CCC1C(N)C2. The van der Waals surface area contributed by atoms with Gasteiger partial charge in [0.05, 0.1) is 12.5 Å². The van der Waals surface area contributed by atoms with Crippen LogP contribution in [-0.2, 0) is 9.53 Å². The number of piperidine rings is 3. The second-order valence-electron chi connectivity index (χ2n) is 4.23. The molecule has 3 rings (SSSR count). The van der Waals surface area contributed by atoms with Crippen LogP contribution in [0.25, 0.3) is 0 Å². The lowest BCUT2D eigenvalue weighted by atomic mass is 9.76. The van der Waals surface area contributed by atoms with E-state index in [0.29, 0.717) is 12.5 Å². The zero-order valence-electron chi connectivity index (χ0n) is 8.61. The Labute approximate surface area is 84.4 Å². The molecule has 3 aliphatic rings. The summed E-state index contributed by atoms with van der Waals surface area (Å²) in [7, 11) is 0. The van der Waals surface area contributed by atoms with Crippen molar-refractivity contribution in [3.05, 3.63) is 0 Å². The number of rotatable bonds is 2. The number of ether oxygens (including phenoxy) is 1. The fraction of sp³-hybridized carbons (Fsp3) is 0.900. The Morgan fingerprint density at radius 2 is 2.36 bits per heavy atom. The minimum Gasteiger partial charge on any atom is -0.466 e. The van der Waals surface area contributed by atoms with Gasteiger partial charge in [0.2, 0.25) is 0 Å². The van der Waals surface area contributed by atoms with Gasteiger partial charge in [0, 0.05) is 19.1 Å². The molecule has 0 aliphatic carbocycles. The molecule has 14 heavy (non-hydrogen) atoms. The average molecular weight is 198 g/mol. The van der Waals surface area contributed by atoms with Gasteiger partial charge in [-0.05, 0) is 25.8 Å². The monoisotopic (exact) mass is 198 g/mol. The molecule has 0 spiro atoms. The van der Waals surface area contributed by atoms with Crippen molar-refractivity contribution in [1.82, 2.24) is 4.90 Å². The van der Waals surface area contributed by atoms with Crippen LogP contribution in [0, 0.1) is 11.8 Å². The summed E-state index contributed by atoms with van der Waals surface area (Å²) in [5.74, 6) is 0.309. The molecule has 0 aromatic carbocycles.